The molecule has 1 unspecified atom stereocenters. The van der Waals surface area contributed by atoms with E-state index < -0.39 is 0 Å². The molecule has 92 valence electrons. The predicted molar refractivity (Wildman–Crippen MR) is 63.0 cm³/mol. The third-order valence-corrected chi connectivity index (χ3v) is 2.12. The third kappa shape index (κ3) is 7.73. The second-order valence-corrected chi connectivity index (χ2v) is 4.76. The highest BCUT2D eigenvalue weighted by atomic mass is 16.7. The maximum absolute atomic E-state index is 5.15. The summed E-state index contributed by atoms with van der Waals surface area (Å²) in [5.74, 6) is 0. The van der Waals surface area contributed by atoms with Crippen LogP contribution < -0.4 is 10.6 Å². The van der Waals surface area contributed by atoms with Gasteiger partial charge in [0.2, 0.25) is 0 Å². The van der Waals surface area contributed by atoms with Crippen LogP contribution in [-0.2, 0) is 9.47 Å². The van der Waals surface area contributed by atoms with Crippen LogP contribution in [0.3, 0.4) is 0 Å². The van der Waals surface area contributed by atoms with E-state index in [9.17, 15) is 0 Å². The maximum atomic E-state index is 5.15. The standard InChI is InChI=1S/C11H26N2O2/c1-9(10(14-5)15-6)12-7-8-13-11(2,3)4/h9-10,12-13H,7-8H2,1-6H3. The van der Waals surface area contributed by atoms with Crippen molar-refractivity contribution in [1.29, 1.82) is 0 Å². The zero-order chi connectivity index (χ0) is 11.9. The first-order chi connectivity index (χ1) is 6.90. The average Bonchev–Trinajstić information content (AvgIpc) is 2.13. The third-order valence-electron chi connectivity index (χ3n) is 2.12. The molecule has 0 radical (unpaired) electrons. The Hall–Kier alpha value is -0.160. The minimum absolute atomic E-state index is 0.173. The van der Waals surface area contributed by atoms with Gasteiger partial charge in [-0.3, -0.25) is 0 Å². The Kier molecular flexibility index (Phi) is 7.09. The van der Waals surface area contributed by atoms with Crippen LogP contribution in [0.2, 0.25) is 0 Å². The van der Waals surface area contributed by atoms with Gasteiger partial charge in [-0.25, -0.2) is 0 Å². The molecule has 0 aromatic carbocycles. The molecule has 0 saturated carbocycles. The summed E-state index contributed by atoms with van der Waals surface area (Å²) in [5.41, 5.74) is 0.173. The van der Waals surface area contributed by atoms with Crippen molar-refractivity contribution in [3.63, 3.8) is 0 Å². The van der Waals surface area contributed by atoms with E-state index in [1.165, 1.54) is 0 Å². The molecule has 1 atom stereocenters. The van der Waals surface area contributed by atoms with Crippen molar-refractivity contribution >= 4 is 0 Å². The Bertz CT molecular complexity index is 153. The lowest BCUT2D eigenvalue weighted by atomic mass is 10.1. The van der Waals surface area contributed by atoms with E-state index in [2.05, 4.69) is 38.3 Å². The SMILES string of the molecule is COC(OC)C(C)NCCNC(C)(C)C. The summed E-state index contributed by atoms with van der Waals surface area (Å²) in [6.07, 6.45) is -0.181. The summed E-state index contributed by atoms with van der Waals surface area (Å²) in [6, 6.07) is 0.196. The van der Waals surface area contributed by atoms with E-state index >= 15 is 0 Å². The van der Waals surface area contributed by atoms with Crippen LogP contribution in [0.5, 0.6) is 0 Å². The fraction of sp³-hybridized carbons (Fsp3) is 1.00. The number of methoxy groups -OCH3 is 2. The Morgan fingerprint density at radius 1 is 1.07 bits per heavy atom. The molecule has 0 aliphatic rings. The number of nitrogens with one attached hydrogen (secondary N) is 2. The molecule has 0 amide bonds. The first-order valence-corrected chi connectivity index (χ1v) is 5.44. The Labute approximate surface area is 93.7 Å². The number of ether oxygens (including phenoxy) is 2. The lowest BCUT2D eigenvalue weighted by Gasteiger charge is -2.24. The fourth-order valence-corrected chi connectivity index (χ4v) is 1.34. The van der Waals surface area contributed by atoms with Crippen molar-refractivity contribution in [2.75, 3.05) is 27.3 Å². The summed E-state index contributed by atoms with van der Waals surface area (Å²) >= 11 is 0. The predicted octanol–water partition coefficient (Wildman–Crippen LogP) is 0.972. The molecule has 15 heavy (non-hydrogen) atoms. The Balaban J connectivity index is 3.58. The van der Waals surface area contributed by atoms with E-state index in [0.717, 1.165) is 13.1 Å². The fourth-order valence-electron chi connectivity index (χ4n) is 1.34. The smallest absolute Gasteiger partial charge is 0.171 e. The highest BCUT2D eigenvalue weighted by molar-refractivity contribution is 4.72. The van der Waals surface area contributed by atoms with Crippen LogP contribution in [0, 0.1) is 0 Å². The monoisotopic (exact) mass is 218 g/mol. The van der Waals surface area contributed by atoms with Crippen molar-refractivity contribution in [1.82, 2.24) is 10.6 Å². The Morgan fingerprint density at radius 2 is 1.60 bits per heavy atom. The second kappa shape index (κ2) is 7.17. The molecule has 0 aromatic rings. The highest BCUT2D eigenvalue weighted by Gasteiger charge is 2.14. The van der Waals surface area contributed by atoms with Gasteiger partial charge in [-0.1, -0.05) is 0 Å². The molecule has 4 heteroatoms. The number of rotatable bonds is 7. The molecule has 0 aliphatic carbocycles. The molecule has 0 aromatic heterocycles. The molecular formula is C11H26N2O2. The van der Waals surface area contributed by atoms with Gasteiger partial charge in [0.25, 0.3) is 0 Å². The number of hydrogen-bond donors (Lipinski definition) is 2. The van der Waals surface area contributed by atoms with Crippen LogP contribution in [0.1, 0.15) is 27.7 Å². The second-order valence-electron chi connectivity index (χ2n) is 4.76. The van der Waals surface area contributed by atoms with Gasteiger partial charge < -0.3 is 20.1 Å². The molecule has 4 nitrogen and oxygen atoms in total. The summed E-state index contributed by atoms with van der Waals surface area (Å²) in [4.78, 5) is 0. The van der Waals surface area contributed by atoms with E-state index in [-0.39, 0.29) is 17.9 Å². The van der Waals surface area contributed by atoms with Gasteiger partial charge in [-0.05, 0) is 27.7 Å². The molecule has 0 bridgehead atoms. The van der Waals surface area contributed by atoms with E-state index in [1.807, 2.05) is 0 Å². The van der Waals surface area contributed by atoms with Gasteiger partial charge in [-0.2, -0.15) is 0 Å². The van der Waals surface area contributed by atoms with Gasteiger partial charge in [-0.15, -0.1) is 0 Å². The molecule has 0 rings (SSSR count). The number of hydrogen-bond acceptors (Lipinski definition) is 4. The molecule has 2 N–H and O–H groups in total. The average molecular weight is 218 g/mol. The lowest BCUT2D eigenvalue weighted by Crippen LogP contribution is -2.45. The van der Waals surface area contributed by atoms with Crippen LogP contribution in [-0.4, -0.2) is 45.2 Å². The van der Waals surface area contributed by atoms with Gasteiger partial charge in [0.15, 0.2) is 6.29 Å². The van der Waals surface area contributed by atoms with Crippen LogP contribution in [0.4, 0.5) is 0 Å². The van der Waals surface area contributed by atoms with Crippen LogP contribution in [0.25, 0.3) is 0 Å². The van der Waals surface area contributed by atoms with Gasteiger partial charge >= 0.3 is 0 Å². The molecule has 0 aliphatic heterocycles. The van der Waals surface area contributed by atoms with Gasteiger partial charge in [0.05, 0.1) is 6.04 Å². The molecule has 0 fully saturated rings. The summed E-state index contributed by atoms with van der Waals surface area (Å²) in [5, 5.41) is 6.75. The summed E-state index contributed by atoms with van der Waals surface area (Å²) < 4.78 is 10.3. The largest absolute Gasteiger partial charge is 0.354 e. The maximum Gasteiger partial charge on any atom is 0.171 e. The van der Waals surface area contributed by atoms with E-state index in [4.69, 9.17) is 9.47 Å². The quantitative estimate of drug-likeness (QED) is 0.493. The van der Waals surface area contributed by atoms with Crippen LogP contribution in [0.15, 0.2) is 0 Å². The topological polar surface area (TPSA) is 42.5 Å². The zero-order valence-electron chi connectivity index (χ0n) is 10.9. The minimum Gasteiger partial charge on any atom is -0.354 e. The Morgan fingerprint density at radius 3 is 2.00 bits per heavy atom. The first kappa shape index (κ1) is 14.8. The van der Waals surface area contributed by atoms with Crippen molar-refractivity contribution in [2.24, 2.45) is 0 Å². The van der Waals surface area contributed by atoms with Crippen LogP contribution >= 0.6 is 0 Å². The highest BCUT2D eigenvalue weighted by Crippen LogP contribution is 1.99. The summed E-state index contributed by atoms with van der Waals surface area (Å²) in [7, 11) is 3.31. The van der Waals surface area contributed by atoms with Gasteiger partial charge in [0.1, 0.15) is 0 Å². The minimum atomic E-state index is -0.181. The normalized spacial score (nSPS) is 14.6. The van der Waals surface area contributed by atoms with E-state index in [1.54, 1.807) is 14.2 Å². The van der Waals surface area contributed by atoms with Crippen molar-refractivity contribution in [3.8, 4) is 0 Å². The molecule has 0 spiro atoms. The molecular weight excluding hydrogens is 192 g/mol. The van der Waals surface area contributed by atoms with Crippen molar-refractivity contribution < 1.29 is 9.47 Å². The van der Waals surface area contributed by atoms with Crippen molar-refractivity contribution in [2.45, 2.75) is 45.6 Å². The zero-order valence-corrected chi connectivity index (χ0v) is 10.9. The first-order valence-electron chi connectivity index (χ1n) is 5.44. The lowest BCUT2D eigenvalue weighted by molar-refractivity contribution is -0.119. The van der Waals surface area contributed by atoms with Crippen molar-refractivity contribution in [3.05, 3.63) is 0 Å². The van der Waals surface area contributed by atoms with E-state index in [0.29, 0.717) is 0 Å². The summed E-state index contributed by atoms with van der Waals surface area (Å²) in [6.45, 7) is 10.4. The van der Waals surface area contributed by atoms with Gasteiger partial charge in [0, 0.05) is 32.8 Å². The molecule has 0 heterocycles. The molecule has 0 saturated heterocycles.